The largest absolute Gasteiger partial charge is 0.382 e. The lowest BCUT2D eigenvalue weighted by atomic mass is 10.00. The van der Waals surface area contributed by atoms with Crippen LogP contribution in [0, 0.1) is 12.7 Å². The molecule has 0 saturated carbocycles. The van der Waals surface area contributed by atoms with E-state index in [-0.39, 0.29) is 11.6 Å². The summed E-state index contributed by atoms with van der Waals surface area (Å²) in [5.74, 6) is -0.0586. The van der Waals surface area contributed by atoms with Crippen molar-refractivity contribution in [3.63, 3.8) is 0 Å². The molecule has 0 saturated heterocycles. The van der Waals surface area contributed by atoms with Crippen molar-refractivity contribution in [2.45, 2.75) is 6.92 Å². The first kappa shape index (κ1) is 12.3. The molecule has 0 fully saturated rings. The zero-order valence-electron chi connectivity index (χ0n) is 10.9. The summed E-state index contributed by atoms with van der Waals surface area (Å²) in [6.07, 6.45) is 1.71. The molecule has 0 unspecified atom stereocenters. The van der Waals surface area contributed by atoms with Gasteiger partial charge in [0.25, 0.3) is 0 Å². The second-order valence-corrected chi connectivity index (χ2v) is 4.48. The molecule has 0 atom stereocenters. The van der Waals surface area contributed by atoms with E-state index in [9.17, 15) is 4.39 Å². The highest BCUT2D eigenvalue weighted by Crippen LogP contribution is 2.36. The summed E-state index contributed by atoms with van der Waals surface area (Å²) in [6, 6.07) is 10.2. The van der Waals surface area contributed by atoms with Gasteiger partial charge in [0.2, 0.25) is 0 Å². The number of pyridine rings is 1. The van der Waals surface area contributed by atoms with Crippen molar-refractivity contribution in [3.05, 3.63) is 54.1 Å². The van der Waals surface area contributed by atoms with Gasteiger partial charge in [-0.3, -0.25) is 10.1 Å². The van der Waals surface area contributed by atoms with Crippen molar-refractivity contribution in [3.8, 4) is 22.4 Å². The first-order valence-electron chi connectivity index (χ1n) is 6.19. The van der Waals surface area contributed by atoms with Gasteiger partial charge in [-0.25, -0.2) is 4.39 Å². The number of nitrogens with two attached hydrogens (primary N) is 1. The van der Waals surface area contributed by atoms with E-state index in [1.807, 2.05) is 19.1 Å². The molecule has 100 valence electrons. The van der Waals surface area contributed by atoms with Gasteiger partial charge in [-0.2, -0.15) is 5.10 Å². The number of nitrogen functional groups attached to an aromatic ring is 1. The van der Waals surface area contributed by atoms with Gasteiger partial charge in [0, 0.05) is 23.0 Å². The standard InChI is InChI=1S/C15H13FN4/c1-9-10(6-4-8-18-9)14-13(15(17)20-19-14)11-5-2-3-7-12(11)16/h2-8H,1H3,(H3,17,19,20). The zero-order chi connectivity index (χ0) is 14.1. The van der Waals surface area contributed by atoms with Crippen molar-refractivity contribution in [1.82, 2.24) is 15.2 Å². The number of H-pyrrole nitrogens is 1. The average molecular weight is 268 g/mol. The van der Waals surface area contributed by atoms with E-state index in [1.165, 1.54) is 6.07 Å². The minimum Gasteiger partial charge on any atom is -0.382 e. The lowest BCUT2D eigenvalue weighted by Gasteiger charge is -2.07. The monoisotopic (exact) mass is 268 g/mol. The molecule has 2 heterocycles. The normalized spacial score (nSPS) is 10.7. The maximum atomic E-state index is 14.0. The van der Waals surface area contributed by atoms with Crippen molar-refractivity contribution in [1.29, 1.82) is 0 Å². The number of hydrogen-bond acceptors (Lipinski definition) is 3. The first-order valence-corrected chi connectivity index (χ1v) is 6.19. The number of aromatic amines is 1. The van der Waals surface area contributed by atoms with Crippen LogP contribution in [0.2, 0.25) is 0 Å². The number of aryl methyl sites for hydroxylation is 1. The smallest absolute Gasteiger partial charge is 0.153 e. The second kappa shape index (κ2) is 4.77. The Kier molecular flexibility index (Phi) is 2.95. The van der Waals surface area contributed by atoms with E-state index in [0.717, 1.165) is 11.3 Å². The molecule has 20 heavy (non-hydrogen) atoms. The van der Waals surface area contributed by atoms with Crippen LogP contribution in [0.25, 0.3) is 22.4 Å². The highest BCUT2D eigenvalue weighted by molar-refractivity contribution is 5.88. The molecule has 3 aromatic rings. The number of nitrogens with one attached hydrogen (secondary N) is 1. The maximum absolute atomic E-state index is 14.0. The van der Waals surface area contributed by atoms with Crippen molar-refractivity contribution >= 4 is 5.82 Å². The average Bonchev–Trinajstić information content (AvgIpc) is 2.82. The fourth-order valence-electron chi connectivity index (χ4n) is 2.24. The number of benzene rings is 1. The van der Waals surface area contributed by atoms with Gasteiger partial charge < -0.3 is 5.73 Å². The highest BCUT2D eigenvalue weighted by atomic mass is 19.1. The molecule has 1 aromatic carbocycles. The van der Waals surface area contributed by atoms with Crippen molar-refractivity contribution in [2.24, 2.45) is 0 Å². The van der Waals surface area contributed by atoms with E-state index >= 15 is 0 Å². The fraction of sp³-hybridized carbons (Fsp3) is 0.0667. The van der Waals surface area contributed by atoms with Gasteiger partial charge >= 0.3 is 0 Å². The molecule has 0 aliphatic rings. The predicted octanol–water partition coefficient (Wildman–Crippen LogP) is 3.17. The number of anilines is 1. The Morgan fingerprint density at radius 2 is 1.85 bits per heavy atom. The van der Waals surface area contributed by atoms with Gasteiger partial charge in [-0.05, 0) is 25.1 Å². The van der Waals surface area contributed by atoms with Crippen LogP contribution < -0.4 is 5.73 Å². The van der Waals surface area contributed by atoms with E-state index in [4.69, 9.17) is 5.73 Å². The fourth-order valence-corrected chi connectivity index (χ4v) is 2.24. The molecule has 5 heteroatoms. The Bertz CT molecular complexity index is 764. The molecule has 0 radical (unpaired) electrons. The Morgan fingerprint density at radius 1 is 1.10 bits per heavy atom. The van der Waals surface area contributed by atoms with Gasteiger partial charge in [-0.1, -0.05) is 18.2 Å². The van der Waals surface area contributed by atoms with Crippen LogP contribution >= 0.6 is 0 Å². The van der Waals surface area contributed by atoms with Gasteiger partial charge in [0.05, 0.1) is 11.3 Å². The molecular formula is C15H13FN4. The number of nitrogens with zero attached hydrogens (tertiary/aromatic N) is 2. The summed E-state index contributed by atoms with van der Waals surface area (Å²) >= 11 is 0. The van der Waals surface area contributed by atoms with E-state index in [1.54, 1.807) is 24.4 Å². The SMILES string of the molecule is Cc1ncccc1-c1[nH]nc(N)c1-c1ccccc1F. The summed E-state index contributed by atoms with van der Waals surface area (Å²) in [7, 11) is 0. The number of aromatic nitrogens is 3. The van der Waals surface area contributed by atoms with E-state index < -0.39 is 0 Å². The third-order valence-electron chi connectivity index (χ3n) is 3.21. The van der Waals surface area contributed by atoms with Crippen molar-refractivity contribution < 1.29 is 4.39 Å². The Hall–Kier alpha value is -2.69. The first-order chi connectivity index (χ1) is 9.68. The Balaban J connectivity index is 2.26. The summed E-state index contributed by atoms with van der Waals surface area (Å²) in [5.41, 5.74) is 9.26. The molecule has 3 rings (SSSR count). The number of halogens is 1. The van der Waals surface area contributed by atoms with Gasteiger partial charge in [0.1, 0.15) is 5.82 Å². The van der Waals surface area contributed by atoms with E-state index in [0.29, 0.717) is 16.8 Å². The third-order valence-corrected chi connectivity index (χ3v) is 3.21. The molecule has 0 spiro atoms. The van der Waals surface area contributed by atoms with Crippen LogP contribution in [0.1, 0.15) is 5.69 Å². The highest BCUT2D eigenvalue weighted by Gasteiger charge is 2.18. The summed E-state index contributed by atoms with van der Waals surface area (Å²) < 4.78 is 14.0. The minimum absolute atomic E-state index is 0.272. The van der Waals surface area contributed by atoms with E-state index in [2.05, 4.69) is 15.2 Å². The van der Waals surface area contributed by atoms with Gasteiger partial charge in [-0.15, -0.1) is 0 Å². The van der Waals surface area contributed by atoms with Gasteiger partial charge in [0.15, 0.2) is 5.82 Å². The number of hydrogen-bond donors (Lipinski definition) is 2. The second-order valence-electron chi connectivity index (χ2n) is 4.48. The topological polar surface area (TPSA) is 67.6 Å². The molecule has 0 aliphatic heterocycles. The summed E-state index contributed by atoms with van der Waals surface area (Å²) in [6.45, 7) is 1.89. The zero-order valence-corrected chi connectivity index (χ0v) is 10.9. The minimum atomic E-state index is -0.330. The maximum Gasteiger partial charge on any atom is 0.153 e. The molecule has 0 aliphatic carbocycles. The lowest BCUT2D eigenvalue weighted by molar-refractivity contribution is 0.631. The summed E-state index contributed by atoms with van der Waals surface area (Å²) in [4.78, 5) is 4.24. The van der Waals surface area contributed by atoms with Crippen LogP contribution in [-0.2, 0) is 0 Å². The molecule has 4 nitrogen and oxygen atoms in total. The predicted molar refractivity (Wildman–Crippen MR) is 76.4 cm³/mol. The summed E-state index contributed by atoms with van der Waals surface area (Å²) in [5, 5.41) is 6.89. The molecule has 0 amide bonds. The molecular weight excluding hydrogens is 255 g/mol. The van der Waals surface area contributed by atoms with Crippen LogP contribution in [-0.4, -0.2) is 15.2 Å². The molecule has 3 N–H and O–H groups in total. The van der Waals surface area contributed by atoms with Crippen LogP contribution in [0.3, 0.4) is 0 Å². The van der Waals surface area contributed by atoms with Crippen molar-refractivity contribution in [2.75, 3.05) is 5.73 Å². The van der Waals surface area contributed by atoms with Crippen LogP contribution in [0.15, 0.2) is 42.6 Å². The third kappa shape index (κ3) is 1.93. The Morgan fingerprint density at radius 3 is 2.60 bits per heavy atom. The Labute approximate surface area is 115 Å². The lowest BCUT2D eigenvalue weighted by Crippen LogP contribution is -1.93. The molecule has 2 aromatic heterocycles. The number of rotatable bonds is 2. The van der Waals surface area contributed by atoms with Crippen LogP contribution in [0.4, 0.5) is 10.2 Å². The molecule has 0 bridgehead atoms. The quantitative estimate of drug-likeness (QED) is 0.750. The van der Waals surface area contributed by atoms with Crippen LogP contribution in [0.5, 0.6) is 0 Å².